The summed E-state index contributed by atoms with van der Waals surface area (Å²) < 4.78 is 10.4. The second kappa shape index (κ2) is 5.46. The molecule has 96 valence electrons. The maximum atomic E-state index is 10.5. The smallest absolute Gasteiger partial charge is 0.433 e. The van der Waals surface area contributed by atoms with Crippen LogP contribution < -0.4 is 5.32 Å². The van der Waals surface area contributed by atoms with Gasteiger partial charge in [-0.2, -0.15) is 0 Å². The first-order valence-corrected chi connectivity index (χ1v) is 5.60. The highest BCUT2D eigenvalue weighted by Gasteiger charge is 2.16. The normalized spacial score (nSPS) is 10.7. The van der Waals surface area contributed by atoms with Crippen LogP contribution in [0.25, 0.3) is 11.5 Å². The van der Waals surface area contributed by atoms with E-state index in [0.29, 0.717) is 24.0 Å². The van der Waals surface area contributed by atoms with Crippen molar-refractivity contribution in [3.8, 4) is 11.5 Å². The molecule has 0 aromatic carbocycles. The maximum Gasteiger partial charge on any atom is 0.433 e. The molecule has 0 amide bonds. The minimum absolute atomic E-state index is 0.302. The van der Waals surface area contributed by atoms with Crippen molar-refractivity contribution in [2.24, 2.45) is 0 Å². The SMILES string of the molecule is CCCNCc1ncc(-c2ccc([N+](=O)[O-])o2)o1. The van der Waals surface area contributed by atoms with Crippen molar-refractivity contribution < 1.29 is 13.8 Å². The lowest BCUT2D eigenvalue weighted by molar-refractivity contribution is -0.401. The van der Waals surface area contributed by atoms with Gasteiger partial charge in [0.15, 0.2) is 11.5 Å². The van der Waals surface area contributed by atoms with Gasteiger partial charge in [-0.3, -0.25) is 10.1 Å². The predicted molar refractivity (Wildman–Crippen MR) is 62.9 cm³/mol. The predicted octanol–water partition coefficient (Wildman–Crippen LogP) is 2.34. The minimum atomic E-state index is -0.594. The quantitative estimate of drug-likeness (QED) is 0.481. The molecule has 7 heteroatoms. The van der Waals surface area contributed by atoms with Crippen LogP contribution in [0.2, 0.25) is 0 Å². The lowest BCUT2D eigenvalue weighted by Gasteiger charge is -1.97. The third kappa shape index (κ3) is 2.75. The molecule has 2 heterocycles. The molecule has 0 saturated heterocycles. The molecule has 0 saturated carbocycles. The van der Waals surface area contributed by atoms with Gasteiger partial charge in [-0.15, -0.1) is 0 Å². The van der Waals surface area contributed by atoms with Crippen molar-refractivity contribution in [3.05, 3.63) is 34.3 Å². The van der Waals surface area contributed by atoms with E-state index in [-0.39, 0.29) is 5.88 Å². The van der Waals surface area contributed by atoms with E-state index in [2.05, 4.69) is 17.2 Å². The summed E-state index contributed by atoms with van der Waals surface area (Å²) in [4.78, 5) is 13.9. The van der Waals surface area contributed by atoms with Gasteiger partial charge in [0.25, 0.3) is 0 Å². The summed E-state index contributed by atoms with van der Waals surface area (Å²) in [5.41, 5.74) is 0. The van der Waals surface area contributed by atoms with E-state index in [0.717, 1.165) is 13.0 Å². The van der Waals surface area contributed by atoms with Crippen molar-refractivity contribution in [2.45, 2.75) is 19.9 Å². The molecule has 0 radical (unpaired) electrons. The average Bonchev–Trinajstić information content (AvgIpc) is 2.97. The lowest BCUT2D eigenvalue weighted by Crippen LogP contribution is -2.13. The maximum absolute atomic E-state index is 10.5. The van der Waals surface area contributed by atoms with Crippen LogP contribution in [0.1, 0.15) is 19.2 Å². The molecule has 0 bridgehead atoms. The first-order valence-electron chi connectivity index (χ1n) is 5.60. The molecule has 18 heavy (non-hydrogen) atoms. The Morgan fingerprint density at radius 3 is 2.89 bits per heavy atom. The summed E-state index contributed by atoms with van der Waals surface area (Å²) in [6, 6.07) is 2.77. The van der Waals surface area contributed by atoms with Crippen molar-refractivity contribution >= 4 is 5.88 Å². The van der Waals surface area contributed by atoms with Gasteiger partial charge in [0.1, 0.15) is 4.92 Å². The van der Waals surface area contributed by atoms with Gasteiger partial charge in [0, 0.05) is 0 Å². The van der Waals surface area contributed by atoms with Crippen molar-refractivity contribution in [3.63, 3.8) is 0 Å². The van der Waals surface area contributed by atoms with Gasteiger partial charge in [-0.1, -0.05) is 6.92 Å². The first kappa shape index (κ1) is 12.3. The van der Waals surface area contributed by atoms with E-state index in [1.807, 2.05) is 0 Å². The van der Waals surface area contributed by atoms with Crippen molar-refractivity contribution in [1.29, 1.82) is 0 Å². The molecule has 1 N–H and O–H groups in total. The van der Waals surface area contributed by atoms with Crippen LogP contribution in [0.5, 0.6) is 0 Å². The highest BCUT2D eigenvalue weighted by molar-refractivity contribution is 5.50. The van der Waals surface area contributed by atoms with Gasteiger partial charge in [-0.25, -0.2) is 4.98 Å². The summed E-state index contributed by atoms with van der Waals surface area (Å²) in [7, 11) is 0. The van der Waals surface area contributed by atoms with Gasteiger partial charge >= 0.3 is 5.88 Å². The standard InChI is InChI=1S/C11H13N3O4/c1-2-5-12-7-10-13-6-9(17-10)8-3-4-11(18-8)14(15)16/h3-4,6,12H,2,5,7H2,1H3. The zero-order chi connectivity index (χ0) is 13.0. The fraction of sp³-hybridized carbons (Fsp3) is 0.364. The number of furan rings is 1. The van der Waals surface area contributed by atoms with Crippen LogP contribution in [-0.2, 0) is 6.54 Å². The molecule has 0 unspecified atom stereocenters. The minimum Gasteiger partial charge on any atom is -0.436 e. The molecule has 2 rings (SSSR count). The molecule has 0 atom stereocenters. The summed E-state index contributed by atoms with van der Waals surface area (Å²) in [5, 5.41) is 13.6. The van der Waals surface area contributed by atoms with E-state index in [1.165, 1.54) is 18.3 Å². The third-order valence-electron chi connectivity index (χ3n) is 2.27. The molecule has 0 fully saturated rings. The number of hydrogen-bond donors (Lipinski definition) is 1. The molecule has 0 aliphatic heterocycles. The molecular formula is C11H13N3O4. The Morgan fingerprint density at radius 2 is 2.22 bits per heavy atom. The number of oxazole rings is 1. The van der Waals surface area contributed by atoms with Crippen LogP contribution in [0.3, 0.4) is 0 Å². The Hall–Kier alpha value is -2.15. The van der Waals surface area contributed by atoms with E-state index in [4.69, 9.17) is 8.83 Å². The number of nitrogens with zero attached hydrogens (tertiary/aromatic N) is 2. The van der Waals surface area contributed by atoms with E-state index in [9.17, 15) is 10.1 Å². The number of hydrogen-bond acceptors (Lipinski definition) is 6. The van der Waals surface area contributed by atoms with Crippen LogP contribution in [0, 0.1) is 10.1 Å². The topological polar surface area (TPSA) is 94.3 Å². The number of aromatic nitrogens is 1. The molecule has 0 aliphatic rings. The van der Waals surface area contributed by atoms with Crippen LogP contribution in [0.4, 0.5) is 5.88 Å². The van der Waals surface area contributed by atoms with Gasteiger partial charge in [0.2, 0.25) is 5.89 Å². The number of nitro groups is 1. The summed E-state index contributed by atoms with van der Waals surface area (Å²) in [6.45, 7) is 3.47. The zero-order valence-corrected chi connectivity index (χ0v) is 9.88. The summed E-state index contributed by atoms with van der Waals surface area (Å²) in [6.07, 6.45) is 2.52. The fourth-order valence-corrected chi connectivity index (χ4v) is 1.44. The first-order chi connectivity index (χ1) is 8.70. The third-order valence-corrected chi connectivity index (χ3v) is 2.27. The van der Waals surface area contributed by atoms with E-state index < -0.39 is 4.92 Å². The molecule has 2 aromatic rings. The van der Waals surface area contributed by atoms with Crippen molar-refractivity contribution in [2.75, 3.05) is 6.54 Å². The molecule has 7 nitrogen and oxygen atoms in total. The Balaban J connectivity index is 2.06. The van der Waals surface area contributed by atoms with Crippen molar-refractivity contribution in [1.82, 2.24) is 10.3 Å². The average molecular weight is 251 g/mol. The summed E-state index contributed by atoms with van der Waals surface area (Å²) >= 11 is 0. The van der Waals surface area contributed by atoms with E-state index in [1.54, 1.807) is 0 Å². The molecule has 2 aromatic heterocycles. The Labute approximate surface area is 103 Å². The Bertz CT molecular complexity index is 532. The second-order valence-electron chi connectivity index (χ2n) is 3.69. The molecule has 0 spiro atoms. The van der Waals surface area contributed by atoms with Crippen LogP contribution in [0.15, 0.2) is 27.2 Å². The largest absolute Gasteiger partial charge is 0.436 e. The Kier molecular flexibility index (Phi) is 3.73. The number of nitrogens with one attached hydrogen (secondary N) is 1. The van der Waals surface area contributed by atoms with Gasteiger partial charge in [-0.05, 0) is 19.0 Å². The monoisotopic (exact) mass is 251 g/mol. The second-order valence-corrected chi connectivity index (χ2v) is 3.69. The lowest BCUT2D eigenvalue weighted by atomic mass is 10.4. The molecular weight excluding hydrogens is 238 g/mol. The zero-order valence-electron chi connectivity index (χ0n) is 9.88. The Morgan fingerprint density at radius 1 is 1.39 bits per heavy atom. The van der Waals surface area contributed by atoms with E-state index >= 15 is 0 Å². The van der Waals surface area contributed by atoms with Gasteiger partial charge < -0.3 is 14.2 Å². The van der Waals surface area contributed by atoms with Gasteiger partial charge in [0.05, 0.1) is 18.8 Å². The summed E-state index contributed by atoms with van der Waals surface area (Å²) in [5.74, 6) is 0.900. The fourth-order valence-electron chi connectivity index (χ4n) is 1.44. The highest BCUT2D eigenvalue weighted by atomic mass is 16.6. The van der Waals surface area contributed by atoms with Crippen LogP contribution >= 0.6 is 0 Å². The molecule has 0 aliphatic carbocycles. The number of rotatable bonds is 6. The highest BCUT2D eigenvalue weighted by Crippen LogP contribution is 2.26. The van der Waals surface area contributed by atoms with Crippen LogP contribution in [-0.4, -0.2) is 16.5 Å².